The SMILES string of the molecule is CCOc1c(Br)cc(C(C)C)cc1C=O. The lowest BCUT2D eigenvalue weighted by Gasteiger charge is -2.12. The lowest BCUT2D eigenvalue weighted by molar-refractivity contribution is 0.111. The van der Waals surface area contributed by atoms with E-state index in [1.165, 1.54) is 0 Å². The molecule has 0 heterocycles. The van der Waals surface area contributed by atoms with Crippen LogP contribution in [-0.2, 0) is 0 Å². The van der Waals surface area contributed by atoms with Crippen LogP contribution in [0.3, 0.4) is 0 Å². The summed E-state index contributed by atoms with van der Waals surface area (Å²) >= 11 is 3.42. The molecular weight excluding hydrogens is 256 g/mol. The molecule has 0 saturated heterocycles. The standard InChI is InChI=1S/C12H15BrO2/c1-4-15-12-10(7-14)5-9(8(2)3)6-11(12)13/h5-8H,4H2,1-3H3. The average Bonchev–Trinajstić information content (AvgIpc) is 2.20. The molecule has 0 aliphatic heterocycles. The van der Waals surface area contributed by atoms with E-state index in [2.05, 4.69) is 29.8 Å². The minimum Gasteiger partial charge on any atom is -0.492 e. The maximum atomic E-state index is 10.9. The summed E-state index contributed by atoms with van der Waals surface area (Å²) in [7, 11) is 0. The highest BCUT2D eigenvalue weighted by atomic mass is 79.9. The fraction of sp³-hybridized carbons (Fsp3) is 0.417. The minimum absolute atomic E-state index is 0.399. The summed E-state index contributed by atoms with van der Waals surface area (Å²) in [6.07, 6.45) is 0.835. The zero-order valence-corrected chi connectivity index (χ0v) is 10.8. The minimum atomic E-state index is 0.399. The molecule has 0 aliphatic rings. The monoisotopic (exact) mass is 270 g/mol. The van der Waals surface area contributed by atoms with Crippen LogP contribution in [0.2, 0.25) is 0 Å². The van der Waals surface area contributed by atoms with Crippen LogP contribution in [0, 0.1) is 0 Å². The molecule has 1 aromatic rings. The molecule has 0 bridgehead atoms. The van der Waals surface area contributed by atoms with Gasteiger partial charge in [-0.2, -0.15) is 0 Å². The van der Waals surface area contributed by atoms with Gasteiger partial charge in [0.15, 0.2) is 6.29 Å². The van der Waals surface area contributed by atoms with Crippen LogP contribution < -0.4 is 4.74 Å². The molecule has 2 nitrogen and oxygen atoms in total. The molecule has 15 heavy (non-hydrogen) atoms. The Hall–Kier alpha value is -0.830. The van der Waals surface area contributed by atoms with Crippen molar-refractivity contribution in [2.24, 2.45) is 0 Å². The first-order valence-corrected chi connectivity index (χ1v) is 5.80. The molecule has 0 N–H and O–H groups in total. The van der Waals surface area contributed by atoms with Crippen LogP contribution in [0.4, 0.5) is 0 Å². The van der Waals surface area contributed by atoms with Gasteiger partial charge in [0.25, 0.3) is 0 Å². The van der Waals surface area contributed by atoms with Crippen molar-refractivity contribution in [3.05, 3.63) is 27.7 Å². The highest BCUT2D eigenvalue weighted by molar-refractivity contribution is 9.10. The molecule has 0 spiro atoms. The molecule has 0 radical (unpaired) electrons. The number of halogens is 1. The van der Waals surface area contributed by atoms with Crippen molar-refractivity contribution in [3.63, 3.8) is 0 Å². The second kappa shape index (κ2) is 5.31. The van der Waals surface area contributed by atoms with Gasteiger partial charge in [-0.25, -0.2) is 0 Å². The zero-order valence-electron chi connectivity index (χ0n) is 9.21. The Morgan fingerprint density at radius 2 is 2.13 bits per heavy atom. The highest BCUT2D eigenvalue weighted by Gasteiger charge is 2.11. The maximum absolute atomic E-state index is 10.9. The molecule has 0 atom stereocenters. The van der Waals surface area contributed by atoms with E-state index in [1.54, 1.807) is 0 Å². The van der Waals surface area contributed by atoms with Crippen molar-refractivity contribution < 1.29 is 9.53 Å². The van der Waals surface area contributed by atoms with E-state index >= 15 is 0 Å². The van der Waals surface area contributed by atoms with E-state index in [9.17, 15) is 4.79 Å². The fourth-order valence-corrected chi connectivity index (χ4v) is 1.96. The summed E-state index contributed by atoms with van der Waals surface area (Å²) in [6.45, 7) is 6.64. The fourth-order valence-electron chi connectivity index (χ4n) is 1.35. The Labute approximate surface area is 98.8 Å². The van der Waals surface area contributed by atoms with E-state index in [0.717, 1.165) is 16.3 Å². The smallest absolute Gasteiger partial charge is 0.153 e. The van der Waals surface area contributed by atoms with Crippen LogP contribution >= 0.6 is 15.9 Å². The van der Waals surface area contributed by atoms with Gasteiger partial charge in [0, 0.05) is 0 Å². The van der Waals surface area contributed by atoms with Crippen LogP contribution in [0.5, 0.6) is 5.75 Å². The first-order chi connectivity index (χ1) is 7.10. The van der Waals surface area contributed by atoms with Gasteiger partial charge in [-0.1, -0.05) is 13.8 Å². The van der Waals surface area contributed by atoms with Crippen LogP contribution in [-0.4, -0.2) is 12.9 Å². The molecular formula is C12H15BrO2. The van der Waals surface area contributed by atoms with Crippen molar-refractivity contribution >= 4 is 22.2 Å². The number of rotatable bonds is 4. The molecule has 0 unspecified atom stereocenters. The third-order valence-corrected chi connectivity index (χ3v) is 2.77. The van der Waals surface area contributed by atoms with E-state index in [1.807, 2.05) is 19.1 Å². The summed E-state index contributed by atoms with van der Waals surface area (Å²) in [6, 6.07) is 3.88. The molecule has 0 amide bonds. The average molecular weight is 271 g/mol. The predicted octanol–water partition coefficient (Wildman–Crippen LogP) is 3.78. The Morgan fingerprint density at radius 1 is 1.47 bits per heavy atom. The molecule has 0 aromatic heterocycles. The lowest BCUT2D eigenvalue weighted by Crippen LogP contribution is -1.99. The number of aldehydes is 1. The van der Waals surface area contributed by atoms with Crippen molar-refractivity contribution in [3.8, 4) is 5.75 Å². The lowest BCUT2D eigenvalue weighted by atomic mass is 10.0. The Bertz CT molecular complexity index is 359. The Kier molecular flexibility index (Phi) is 4.33. The van der Waals surface area contributed by atoms with Crippen LogP contribution in [0.25, 0.3) is 0 Å². The summed E-state index contributed by atoms with van der Waals surface area (Å²) in [4.78, 5) is 10.9. The number of carbonyl (C=O) groups is 1. The molecule has 1 aromatic carbocycles. The highest BCUT2D eigenvalue weighted by Crippen LogP contribution is 2.32. The quantitative estimate of drug-likeness (QED) is 0.779. The second-order valence-corrected chi connectivity index (χ2v) is 4.48. The van der Waals surface area contributed by atoms with Gasteiger partial charge in [0.2, 0.25) is 0 Å². The largest absolute Gasteiger partial charge is 0.492 e. The van der Waals surface area contributed by atoms with E-state index in [-0.39, 0.29) is 0 Å². The Balaban J connectivity index is 3.24. The van der Waals surface area contributed by atoms with E-state index < -0.39 is 0 Å². The first-order valence-electron chi connectivity index (χ1n) is 5.01. The zero-order chi connectivity index (χ0) is 11.4. The number of hydrogen-bond donors (Lipinski definition) is 0. The Morgan fingerprint density at radius 3 is 2.60 bits per heavy atom. The summed E-state index contributed by atoms with van der Waals surface area (Å²) in [5, 5.41) is 0. The van der Waals surface area contributed by atoms with Gasteiger partial charge in [-0.3, -0.25) is 4.79 Å². The van der Waals surface area contributed by atoms with Gasteiger partial charge in [-0.15, -0.1) is 0 Å². The summed E-state index contributed by atoms with van der Waals surface area (Å²) in [5.41, 5.74) is 1.74. The first kappa shape index (κ1) is 12.2. The second-order valence-electron chi connectivity index (χ2n) is 3.63. The van der Waals surface area contributed by atoms with Gasteiger partial charge in [-0.05, 0) is 46.5 Å². The summed E-state index contributed by atoms with van der Waals surface area (Å²) < 4.78 is 6.26. The van der Waals surface area contributed by atoms with Crippen molar-refractivity contribution in [1.29, 1.82) is 0 Å². The number of hydrogen-bond acceptors (Lipinski definition) is 2. The maximum Gasteiger partial charge on any atom is 0.153 e. The van der Waals surface area contributed by atoms with E-state index in [4.69, 9.17) is 4.74 Å². The topological polar surface area (TPSA) is 26.3 Å². The number of benzene rings is 1. The van der Waals surface area contributed by atoms with Gasteiger partial charge >= 0.3 is 0 Å². The third-order valence-electron chi connectivity index (χ3n) is 2.18. The van der Waals surface area contributed by atoms with Gasteiger partial charge < -0.3 is 4.74 Å². The molecule has 0 aliphatic carbocycles. The van der Waals surface area contributed by atoms with Crippen LogP contribution in [0.15, 0.2) is 16.6 Å². The predicted molar refractivity (Wildman–Crippen MR) is 64.8 cm³/mol. The molecule has 82 valence electrons. The van der Waals surface area contributed by atoms with Crippen molar-refractivity contribution in [2.45, 2.75) is 26.7 Å². The van der Waals surface area contributed by atoms with Gasteiger partial charge in [0.1, 0.15) is 5.75 Å². The summed E-state index contributed by atoms with van der Waals surface area (Å²) in [5.74, 6) is 1.03. The molecule has 0 fully saturated rings. The van der Waals surface area contributed by atoms with Crippen molar-refractivity contribution in [1.82, 2.24) is 0 Å². The molecule has 3 heteroatoms. The van der Waals surface area contributed by atoms with Crippen LogP contribution in [0.1, 0.15) is 42.6 Å². The number of carbonyl (C=O) groups excluding carboxylic acids is 1. The molecule has 0 saturated carbocycles. The third kappa shape index (κ3) is 2.81. The number of ether oxygens (including phenoxy) is 1. The normalized spacial score (nSPS) is 10.5. The molecule has 1 rings (SSSR count). The van der Waals surface area contributed by atoms with Crippen molar-refractivity contribution in [2.75, 3.05) is 6.61 Å². The van der Waals surface area contributed by atoms with Gasteiger partial charge in [0.05, 0.1) is 16.6 Å². The van der Waals surface area contributed by atoms with E-state index in [0.29, 0.717) is 23.8 Å².